The van der Waals surface area contributed by atoms with Crippen LogP contribution in [-0.2, 0) is 11.0 Å². The lowest BCUT2D eigenvalue weighted by Gasteiger charge is -2.28. The fourth-order valence-corrected chi connectivity index (χ4v) is 3.33. The van der Waals surface area contributed by atoms with Crippen molar-refractivity contribution in [2.75, 3.05) is 22.9 Å². The number of aryl methyl sites for hydroxylation is 1. The Hall–Kier alpha value is -4.14. The molecule has 0 spiro atoms. The van der Waals surface area contributed by atoms with Gasteiger partial charge in [-0.05, 0) is 43.3 Å². The molecule has 1 N–H and O–H groups in total. The lowest BCUT2D eigenvalue weighted by molar-refractivity contribution is -0.137. The van der Waals surface area contributed by atoms with Crippen molar-refractivity contribution in [3.05, 3.63) is 53.5 Å². The summed E-state index contributed by atoms with van der Waals surface area (Å²) in [7, 11) is 0. The molecule has 172 valence electrons. The van der Waals surface area contributed by atoms with Gasteiger partial charge in [0.1, 0.15) is 17.7 Å². The minimum atomic E-state index is -4.78. The van der Waals surface area contributed by atoms with Gasteiger partial charge in [0.2, 0.25) is 0 Å². The maximum atomic E-state index is 13.4. The maximum Gasteiger partial charge on any atom is 0.416 e. The van der Waals surface area contributed by atoms with Crippen molar-refractivity contribution in [3.63, 3.8) is 0 Å². The quantitative estimate of drug-likeness (QED) is 0.552. The van der Waals surface area contributed by atoms with E-state index in [1.807, 2.05) is 0 Å². The normalized spacial score (nSPS) is 16.0. The molecule has 1 aliphatic rings. The second kappa shape index (κ2) is 8.78. The molecule has 8 nitrogen and oxygen atoms in total. The van der Waals surface area contributed by atoms with E-state index in [9.17, 15) is 37.1 Å². The molecule has 2 aromatic rings. The Balaban J connectivity index is 2.10. The van der Waals surface area contributed by atoms with Crippen molar-refractivity contribution < 1.29 is 37.1 Å². The van der Waals surface area contributed by atoms with Gasteiger partial charge in [-0.1, -0.05) is 5.92 Å². The Labute approximate surface area is 185 Å². The number of alkyl halides is 3. The van der Waals surface area contributed by atoms with E-state index in [1.54, 1.807) is 0 Å². The highest BCUT2D eigenvalue weighted by Crippen LogP contribution is 2.34. The molecule has 1 saturated heterocycles. The number of hydrogen-bond donors (Lipinski definition) is 1. The highest BCUT2D eigenvalue weighted by molar-refractivity contribution is 6.11. The van der Waals surface area contributed by atoms with Crippen molar-refractivity contribution in [1.82, 2.24) is 9.88 Å². The first-order valence-electron chi connectivity index (χ1n) is 9.34. The highest BCUT2D eigenvalue weighted by Gasteiger charge is 2.48. The molecular weight excluding hydrogens is 448 g/mol. The molecule has 1 aromatic carbocycles. The van der Waals surface area contributed by atoms with Crippen LogP contribution in [0.3, 0.4) is 0 Å². The predicted molar refractivity (Wildman–Crippen MR) is 108 cm³/mol. The zero-order valence-electron chi connectivity index (χ0n) is 17.0. The number of pyridine rings is 1. The fraction of sp³-hybridized carbons (Fsp3) is 0.238. The number of rotatable bonds is 4. The SMILES string of the molecule is C#CCN(C(=O)C1CN(C(=O)O)C(=O)N1c1cc(C(F)(F)F)cc(C)n1)c1ccc(F)cc1. The van der Waals surface area contributed by atoms with Crippen LogP contribution in [0.5, 0.6) is 0 Å². The van der Waals surface area contributed by atoms with Gasteiger partial charge in [0.05, 0.1) is 18.7 Å². The molecule has 0 bridgehead atoms. The summed E-state index contributed by atoms with van der Waals surface area (Å²) in [5.41, 5.74) is -1.09. The van der Waals surface area contributed by atoms with Crippen LogP contribution in [0.1, 0.15) is 11.3 Å². The first-order chi connectivity index (χ1) is 15.4. The van der Waals surface area contributed by atoms with Crippen LogP contribution in [0.15, 0.2) is 36.4 Å². The van der Waals surface area contributed by atoms with Crippen molar-refractivity contribution in [3.8, 4) is 12.3 Å². The van der Waals surface area contributed by atoms with Gasteiger partial charge in [-0.25, -0.2) is 23.9 Å². The van der Waals surface area contributed by atoms with Crippen LogP contribution >= 0.6 is 0 Å². The molecule has 4 amide bonds. The highest BCUT2D eigenvalue weighted by atomic mass is 19.4. The average Bonchev–Trinajstić information content (AvgIpc) is 3.08. The number of imide groups is 1. The Morgan fingerprint density at radius 3 is 2.45 bits per heavy atom. The number of benzene rings is 1. The Morgan fingerprint density at radius 2 is 1.91 bits per heavy atom. The Bertz CT molecular complexity index is 1140. The average molecular weight is 464 g/mol. The van der Waals surface area contributed by atoms with Crippen molar-refractivity contribution in [1.29, 1.82) is 0 Å². The second-order valence-electron chi connectivity index (χ2n) is 7.02. The van der Waals surface area contributed by atoms with Gasteiger partial charge in [-0.15, -0.1) is 6.42 Å². The van der Waals surface area contributed by atoms with E-state index in [0.717, 1.165) is 23.1 Å². The summed E-state index contributed by atoms with van der Waals surface area (Å²) in [4.78, 5) is 43.5. The minimum Gasteiger partial charge on any atom is -0.465 e. The topological polar surface area (TPSA) is 94.1 Å². The smallest absolute Gasteiger partial charge is 0.416 e. The summed E-state index contributed by atoms with van der Waals surface area (Å²) in [6, 6.07) is 3.10. The molecule has 0 aliphatic carbocycles. The molecule has 1 atom stereocenters. The van der Waals surface area contributed by atoms with Gasteiger partial charge in [0.15, 0.2) is 0 Å². The number of hydrogen-bond acceptors (Lipinski definition) is 4. The first-order valence-corrected chi connectivity index (χ1v) is 9.34. The number of terminal acetylenes is 1. The van der Waals surface area contributed by atoms with Crippen LogP contribution in [0.25, 0.3) is 0 Å². The molecule has 0 radical (unpaired) electrons. The number of urea groups is 1. The monoisotopic (exact) mass is 464 g/mol. The molecule has 33 heavy (non-hydrogen) atoms. The summed E-state index contributed by atoms with van der Waals surface area (Å²) in [6.07, 6.45) is -1.15. The third kappa shape index (κ3) is 4.72. The van der Waals surface area contributed by atoms with Gasteiger partial charge in [-0.2, -0.15) is 13.2 Å². The van der Waals surface area contributed by atoms with Gasteiger partial charge < -0.3 is 5.11 Å². The maximum absolute atomic E-state index is 13.4. The standard InChI is InChI=1S/C21H16F4N4O4/c1-3-8-27(15-6-4-14(22)5-7-15)18(30)16-11-28(20(32)33)19(31)29(16)17-10-13(21(23,24)25)9-12(2)26-17/h1,4-7,9-10,16H,8,11H2,2H3,(H,32,33). The van der Waals surface area contributed by atoms with Crippen LogP contribution in [-0.4, -0.2) is 52.2 Å². The molecule has 1 aliphatic heterocycles. The summed E-state index contributed by atoms with van der Waals surface area (Å²) in [6.45, 7) is 0.256. The molecular formula is C21H16F4N4O4. The number of carbonyl (C=O) groups excluding carboxylic acids is 2. The van der Waals surface area contributed by atoms with E-state index in [0.29, 0.717) is 15.9 Å². The van der Waals surface area contributed by atoms with E-state index >= 15 is 0 Å². The van der Waals surface area contributed by atoms with Crippen LogP contribution in [0.2, 0.25) is 0 Å². The molecule has 1 unspecified atom stereocenters. The van der Waals surface area contributed by atoms with Crippen molar-refractivity contribution >= 4 is 29.5 Å². The lowest BCUT2D eigenvalue weighted by Crippen LogP contribution is -2.48. The number of carbonyl (C=O) groups is 3. The summed E-state index contributed by atoms with van der Waals surface area (Å²) in [5.74, 6) is 0.216. The molecule has 0 saturated carbocycles. The first kappa shape index (κ1) is 23.5. The number of aromatic nitrogens is 1. The third-order valence-corrected chi connectivity index (χ3v) is 4.79. The van der Waals surface area contributed by atoms with Crippen LogP contribution < -0.4 is 9.80 Å². The zero-order valence-corrected chi connectivity index (χ0v) is 17.0. The molecule has 2 heterocycles. The number of halogens is 4. The Kier molecular flexibility index (Phi) is 6.25. The van der Waals surface area contributed by atoms with Gasteiger partial charge in [-0.3, -0.25) is 14.6 Å². The summed E-state index contributed by atoms with van der Waals surface area (Å²) >= 11 is 0. The Morgan fingerprint density at radius 1 is 1.27 bits per heavy atom. The zero-order chi connectivity index (χ0) is 24.5. The minimum absolute atomic E-state index is 0.105. The van der Waals surface area contributed by atoms with Crippen molar-refractivity contribution in [2.45, 2.75) is 19.1 Å². The van der Waals surface area contributed by atoms with E-state index in [-0.39, 0.29) is 17.9 Å². The van der Waals surface area contributed by atoms with E-state index in [1.165, 1.54) is 19.1 Å². The largest absolute Gasteiger partial charge is 0.465 e. The van der Waals surface area contributed by atoms with Crippen LogP contribution in [0, 0.1) is 25.1 Å². The summed E-state index contributed by atoms with van der Waals surface area (Å²) in [5, 5.41) is 9.35. The second-order valence-corrected chi connectivity index (χ2v) is 7.02. The molecule has 12 heteroatoms. The molecule has 1 fully saturated rings. The molecule has 1 aromatic heterocycles. The van der Waals surface area contributed by atoms with Gasteiger partial charge >= 0.3 is 18.3 Å². The number of amides is 4. The number of anilines is 2. The van der Waals surface area contributed by atoms with Crippen molar-refractivity contribution in [2.24, 2.45) is 0 Å². The predicted octanol–water partition coefficient (Wildman–Crippen LogP) is 3.50. The van der Waals surface area contributed by atoms with Gasteiger partial charge in [0.25, 0.3) is 5.91 Å². The summed E-state index contributed by atoms with van der Waals surface area (Å²) < 4.78 is 53.3. The third-order valence-electron chi connectivity index (χ3n) is 4.79. The van der Waals surface area contributed by atoms with Crippen LogP contribution in [0.4, 0.5) is 38.7 Å². The van der Waals surface area contributed by atoms with E-state index in [2.05, 4.69) is 10.9 Å². The van der Waals surface area contributed by atoms with E-state index in [4.69, 9.17) is 6.42 Å². The van der Waals surface area contributed by atoms with E-state index < -0.39 is 54.0 Å². The van der Waals surface area contributed by atoms with Gasteiger partial charge in [0, 0.05) is 11.4 Å². The fourth-order valence-electron chi connectivity index (χ4n) is 3.33. The molecule has 3 rings (SSSR count). The lowest BCUT2D eigenvalue weighted by atomic mass is 10.1. The number of nitrogens with zero attached hydrogens (tertiary/aromatic N) is 4. The number of carboxylic acid groups (broad SMARTS) is 1.